The molecule has 0 aliphatic heterocycles. The highest BCUT2D eigenvalue weighted by atomic mass is 127. The van der Waals surface area contributed by atoms with Crippen LogP contribution in [0.5, 0.6) is 0 Å². The molecule has 0 aromatic heterocycles. The molecule has 0 fully saturated rings. The monoisotopic (exact) mass is 320 g/mol. The smallest absolute Gasteiger partial charge is 0.321 e. The van der Waals surface area contributed by atoms with Crippen molar-refractivity contribution in [3.63, 3.8) is 0 Å². The second kappa shape index (κ2) is 5.92. The van der Waals surface area contributed by atoms with Crippen LogP contribution in [0.2, 0.25) is 0 Å². The van der Waals surface area contributed by atoms with Crippen LogP contribution in [0.4, 0.5) is 10.5 Å². The number of halogens is 1. The highest BCUT2D eigenvalue weighted by Crippen LogP contribution is 2.11. The topological polar surface area (TPSA) is 52.6 Å². The van der Waals surface area contributed by atoms with Crippen LogP contribution in [0.3, 0.4) is 0 Å². The second-order valence-electron chi connectivity index (χ2n) is 3.08. The molecule has 0 unspecified atom stereocenters. The van der Waals surface area contributed by atoms with E-state index in [4.69, 9.17) is 5.11 Å². The Morgan fingerprint density at radius 1 is 1.47 bits per heavy atom. The van der Waals surface area contributed by atoms with Gasteiger partial charge in [-0.3, -0.25) is 0 Å². The molecular weight excluding hydrogens is 307 g/mol. The summed E-state index contributed by atoms with van der Waals surface area (Å²) in [5.41, 5.74) is 0.755. The number of urea groups is 1. The van der Waals surface area contributed by atoms with Crippen LogP contribution >= 0.6 is 22.6 Å². The van der Waals surface area contributed by atoms with E-state index in [1.807, 2.05) is 24.3 Å². The van der Waals surface area contributed by atoms with Crippen molar-refractivity contribution in [2.24, 2.45) is 0 Å². The van der Waals surface area contributed by atoms with Crippen molar-refractivity contribution in [1.82, 2.24) is 4.90 Å². The number of benzene rings is 1. The second-order valence-corrected chi connectivity index (χ2v) is 4.33. The summed E-state index contributed by atoms with van der Waals surface area (Å²) in [5, 5.41) is 11.4. The number of aliphatic hydroxyl groups excluding tert-OH is 1. The van der Waals surface area contributed by atoms with Gasteiger partial charge in [0.15, 0.2) is 0 Å². The molecule has 0 heterocycles. The Balaban J connectivity index is 2.54. The van der Waals surface area contributed by atoms with E-state index in [1.54, 1.807) is 7.05 Å². The molecule has 0 aliphatic carbocycles. The molecule has 0 saturated carbocycles. The Hall–Kier alpha value is -0.820. The fourth-order valence-corrected chi connectivity index (χ4v) is 1.36. The molecule has 0 radical (unpaired) electrons. The van der Waals surface area contributed by atoms with Crippen LogP contribution in [-0.2, 0) is 0 Å². The molecule has 0 bridgehead atoms. The Morgan fingerprint density at radius 3 is 2.60 bits per heavy atom. The fourth-order valence-electron chi connectivity index (χ4n) is 1.00. The number of nitrogens with zero attached hydrogens (tertiary/aromatic N) is 1. The number of carbonyl (C=O) groups excluding carboxylic acids is 1. The zero-order valence-electron chi connectivity index (χ0n) is 8.40. The summed E-state index contributed by atoms with van der Waals surface area (Å²) < 4.78 is 1.12. The lowest BCUT2D eigenvalue weighted by molar-refractivity contribution is 0.202. The highest BCUT2D eigenvalue weighted by Gasteiger charge is 2.06. The fraction of sp³-hybridized carbons (Fsp3) is 0.300. The number of nitrogens with one attached hydrogen (secondary N) is 1. The predicted molar refractivity (Wildman–Crippen MR) is 67.9 cm³/mol. The number of anilines is 1. The minimum atomic E-state index is -0.217. The molecule has 0 aliphatic rings. The van der Waals surface area contributed by atoms with Crippen molar-refractivity contribution in [1.29, 1.82) is 0 Å². The molecule has 0 atom stereocenters. The largest absolute Gasteiger partial charge is 0.395 e. The molecule has 1 aromatic carbocycles. The van der Waals surface area contributed by atoms with Gasteiger partial charge >= 0.3 is 6.03 Å². The van der Waals surface area contributed by atoms with E-state index in [1.165, 1.54) is 4.90 Å². The van der Waals surface area contributed by atoms with E-state index in [0.29, 0.717) is 6.54 Å². The molecule has 2 N–H and O–H groups in total. The third kappa shape index (κ3) is 4.05. The molecule has 1 aromatic rings. The number of amides is 2. The van der Waals surface area contributed by atoms with Crippen molar-refractivity contribution < 1.29 is 9.90 Å². The molecule has 2 amide bonds. The van der Waals surface area contributed by atoms with E-state index in [9.17, 15) is 4.79 Å². The molecule has 15 heavy (non-hydrogen) atoms. The zero-order valence-corrected chi connectivity index (χ0v) is 10.6. The van der Waals surface area contributed by atoms with Crippen molar-refractivity contribution in [2.45, 2.75) is 0 Å². The van der Waals surface area contributed by atoms with Crippen molar-refractivity contribution >= 4 is 34.3 Å². The highest BCUT2D eigenvalue weighted by molar-refractivity contribution is 14.1. The summed E-state index contributed by atoms with van der Waals surface area (Å²) in [6.07, 6.45) is 0. The van der Waals surface area contributed by atoms with Crippen LogP contribution in [0.1, 0.15) is 0 Å². The van der Waals surface area contributed by atoms with Crippen molar-refractivity contribution in [3.8, 4) is 0 Å². The maximum Gasteiger partial charge on any atom is 0.321 e. The standard InChI is InChI=1S/C10H13IN2O2/c1-13(6-7-14)10(15)12-9-4-2-8(11)3-5-9/h2-5,14H,6-7H2,1H3,(H,12,15). The Kier molecular flexibility index (Phi) is 4.83. The van der Waals surface area contributed by atoms with Gasteiger partial charge in [0.2, 0.25) is 0 Å². The average molecular weight is 320 g/mol. The number of hydrogen-bond donors (Lipinski definition) is 2. The van der Waals surface area contributed by atoms with Crippen LogP contribution < -0.4 is 5.32 Å². The van der Waals surface area contributed by atoms with Gasteiger partial charge in [-0.2, -0.15) is 0 Å². The number of rotatable bonds is 3. The average Bonchev–Trinajstić information content (AvgIpc) is 2.22. The maximum atomic E-state index is 11.5. The van der Waals surface area contributed by atoms with Crippen LogP contribution in [0.15, 0.2) is 24.3 Å². The summed E-state index contributed by atoms with van der Waals surface area (Å²) in [6.45, 7) is 0.298. The third-order valence-electron chi connectivity index (χ3n) is 1.88. The molecule has 5 heteroatoms. The third-order valence-corrected chi connectivity index (χ3v) is 2.60. The summed E-state index contributed by atoms with van der Waals surface area (Å²) in [7, 11) is 1.64. The van der Waals surface area contributed by atoms with Crippen LogP contribution in [-0.4, -0.2) is 36.2 Å². The summed E-state index contributed by atoms with van der Waals surface area (Å²) in [5.74, 6) is 0. The summed E-state index contributed by atoms with van der Waals surface area (Å²) in [6, 6.07) is 7.30. The number of carbonyl (C=O) groups is 1. The molecule has 0 saturated heterocycles. The Morgan fingerprint density at radius 2 is 2.07 bits per heavy atom. The SMILES string of the molecule is CN(CCO)C(=O)Nc1ccc(I)cc1. The molecule has 0 spiro atoms. The first-order valence-electron chi connectivity index (χ1n) is 4.52. The first-order chi connectivity index (χ1) is 7.13. The normalized spacial score (nSPS) is 9.80. The minimum absolute atomic E-state index is 0.0311. The van der Waals surface area contributed by atoms with E-state index in [2.05, 4.69) is 27.9 Å². The number of aliphatic hydroxyl groups is 1. The first kappa shape index (κ1) is 12.3. The van der Waals surface area contributed by atoms with Crippen molar-refractivity contribution in [3.05, 3.63) is 27.8 Å². The van der Waals surface area contributed by atoms with Gasteiger partial charge in [0.05, 0.1) is 6.61 Å². The van der Waals surface area contributed by atoms with Gasteiger partial charge in [-0.1, -0.05) is 0 Å². The quantitative estimate of drug-likeness (QED) is 0.834. The summed E-state index contributed by atoms with van der Waals surface area (Å²) in [4.78, 5) is 12.9. The van der Waals surface area contributed by atoms with E-state index >= 15 is 0 Å². The lowest BCUT2D eigenvalue weighted by Crippen LogP contribution is -2.33. The van der Waals surface area contributed by atoms with E-state index < -0.39 is 0 Å². The van der Waals surface area contributed by atoms with E-state index in [-0.39, 0.29) is 12.6 Å². The molecular formula is C10H13IN2O2. The van der Waals surface area contributed by atoms with Gasteiger partial charge in [0, 0.05) is 22.8 Å². The molecule has 82 valence electrons. The van der Waals surface area contributed by atoms with Crippen LogP contribution in [0.25, 0.3) is 0 Å². The lowest BCUT2D eigenvalue weighted by Gasteiger charge is -2.16. The zero-order chi connectivity index (χ0) is 11.3. The van der Waals surface area contributed by atoms with Crippen LogP contribution in [0, 0.1) is 3.57 Å². The first-order valence-corrected chi connectivity index (χ1v) is 5.60. The van der Waals surface area contributed by atoms with Gasteiger partial charge in [-0.15, -0.1) is 0 Å². The Labute approximate surface area is 102 Å². The van der Waals surface area contributed by atoms with E-state index in [0.717, 1.165) is 9.26 Å². The Bertz CT molecular complexity index is 327. The van der Waals surface area contributed by atoms with Gasteiger partial charge in [-0.25, -0.2) is 4.79 Å². The predicted octanol–water partition coefficient (Wildman–Crippen LogP) is 1.75. The molecule has 4 nitrogen and oxygen atoms in total. The number of likely N-dealkylation sites (N-methyl/N-ethyl adjacent to an activating group) is 1. The lowest BCUT2D eigenvalue weighted by atomic mass is 10.3. The van der Waals surface area contributed by atoms with Gasteiger partial charge in [0.1, 0.15) is 0 Å². The minimum Gasteiger partial charge on any atom is -0.395 e. The number of hydrogen-bond acceptors (Lipinski definition) is 2. The maximum absolute atomic E-state index is 11.5. The summed E-state index contributed by atoms with van der Waals surface area (Å²) >= 11 is 2.20. The van der Waals surface area contributed by atoms with Crippen molar-refractivity contribution in [2.75, 3.05) is 25.5 Å². The van der Waals surface area contributed by atoms with Gasteiger partial charge in [0.25, 0.3) is 0 Å². The molecule has 1 rings (SSSR count). The van der Waals surface area contributed by atoms with Gasteiger partial charge < -0.3 is 15.3 Å². The van der Waals surface area contributed by atoms with Gasteiger partial charge in [-0.05, 0) is 46.9 Å².